The van der Waals surface area contributed by atoms with Gasteiger partial charge in [0.1, 0.15) is 5.65 Å². The first-order valence-corrected chi connectivity index (χ1v) is 11.6. The number of pyridine rings is 1. The van der Waals surface area contributed by atoms with Crippen LogP contribution in [-0.2, 0) is 9.53 Å². The smallest absolute Gasteiger partial charge is 0.252 e. The zero-order valence-corrected chi connectivity index (χ0v) is 18.2. The molecule has 4 heterocycles. The average Bonchev–Trinajstić information content (AvgIpc) is 3.47. The molecular formula is C23H31N5O3. The first-order valence-electron chi connectivity index (χ1n) is 11.6. The Morgan fingerprint density at radius 3 is 2.71 bits per heavy atom. The molecular weight excluding hydrogens is 394 g/mol. The third-order valence-electron chi connectivity index (χ3n) is 7.09. The topological polar surface area (TPSA) is 89.4 Å². The molecule has 5 rings (SSSR count). The maximum Gasteiger partial charge on any atom is 0.252 e. The number of anilines is 1. The van der Waals surface area contributed by atoms with Gasteiger partial charge in [0.2, 0.25) is 11.9 Å². The van der Waals surface area contributed by atoms with Crippen LogP contribution in [-0.4, -0.2) is 52.8 Å². The van der Waals surface area contributed by atoms with Gasteiger partial charge in [-0.25, -0.2) is 4.98 Å². The summed E-state index contributed by atoms with van der Waals surface area (Å²) < 4.78 is 7.26. The van der Waals surface area contributed by atoms with Gasteiger partial charge in [-0.15, -0.1) is 0 Å². The number of hydrogen-bond donors (Lipinski definition) is 1. The maximum atomic E-state index is 12.8. The van der Waals surface area contributed by atoms with E-state index in [0.717, 1.165) is 81.3 Å². The number of carbonyl (C=O) groups excluding carboxylic acids is 1. The Morgan fingerprint density at radius 2 is 1.94 bits per heavy atom. The minimum Gasteiger partial charge on any atom is -0.381 e. The number of ether oxygens (including phenoxy) is 1. The molecule has 0 radical (unpaired) electrons. The number of amides is 1. The van der Waals surface area contributed by atoms with Crippen LogP contribution in [0.4, 0.5) is 5.95 Å². The van der Waals surface area contributed by atoms with Crippen molar-refractivity contribution >= 4 is 22.9 Å². The largest absolute Gasteiger partial charge is 0.381 e. The van der Waals surface area contributed by atoms with Crippen LogP contribution in [0.2, 0.25) is 0 Å². The molecule has 31 heavy (non-hydrogen) atoms. The van der Waals surface area contributed by atoms with E-state index in [-0.39, 0.29) is 29.5 Å². The van der Waals surface area contributed by atoms with Gasteiger partial charge in [-0.2, -0.15) is 4.98 Å². The molecule has 1 unspecified atom stereocenters. The highest BCUT2D eigenvalue weighted by Gasteiger charge is 2.31. The van der Waals surface area contributed by atoms with Crippen molar-refractivity contribution in [2.75, 3.05) is 31.2 Å². The number of aromatic nitrogens is 3. The monoisotopic (exact) mass is 425 g/mol. The van der Waals surface area contributed by atoms with E-state index < -0.39 is 0 Å². The number of rotatable bonds is 4. The van der Waals surface area contributed by atoms with Gasteiger partial charge in [0, 0.05) is 56.0 Å². The SMILES string of the molecule is Cc1cc(=O)n(C2CCCC2)c2nc(N3CCC(C(=O)NC4CCOCC4)C3)ncc12. The molecule has 1 atom stereocenters. The zero-order valence-electron chi connectivity index (χ0n) is 18.2. The molecule has 0 aromatic carbocycles. The molecule has 3 aliphatic rings. The highest BCUT2D eigenvalue weighted by atomic mass is 16.5. The molecule has 2 aliphatic heterocycles. The minimum atomic E-state index is -0.0586. The van der Waals surface area contributed by atoms with Crippen molar-refractivity contribution < 1.29 is 9.53 Å². The summed E-state index contributed by atoms with van der Waals surface area (Å²) in [7, 11) is 0. The average molecular weight is 426 g/mol. The van der Waals surface area contributed by atoms with Crippen molar-refractivity contribution in [1.82, 2.24) is 19.9 Å². The van der Waals surface area contributed by atoms with E-state index in [1.165, 1.54) is 0 Å². The third-order valence-corrected chi connectivity index (χ3v) is 7.09. The maximum absolute atomic E-state index is 12.8. The van der Waals surface area contributed by atoms with Crippen LogP contribution in [0, 0.1) is 12.8 Å². The Balaban J connectivity index is 1.37. The molecule has 3 fully saturated rings. The van der Waals surface area contributed by atoms with E-state index in [9.17, 15) is 9.59 Å². The van der Waals surface area contributed by atoms with Gasteiger partial charge in [0.15, 0.2) is 0 Å². The lowest BCUT2D eigenvalue weighted by molar-refractivity contribution is -0.125. The number of carbonyl (C=O) groups is 1. The molecule has 8 heteroatoms. The molecule has 1 N–H and O–H groups in total. The first-order chi connectivity index (χ1) is 15.1. The van der Waals surface area contributed by atoms with Crippen LogP contribution in [0.5, 0.6) is 0 Å². The number of aryl methyl sites for hydroxylation is 1. The van der Waals surface area contributed by atoms with E-state index in [1.54, 1.807) is 6.07 Å². The molecule has 2 aromatic heterocycles. The summed E-state index contributed by atoms with van der Waals surface area (Å²) >= 11 is 0. The fourth-order valence-electron chi connectivity index (χ4n) is 5.25. The van der Waals surface area contributed by atoms with Crippen LogP contribution in [0.25, 0.3) is 11.0 Å². The normalized spacial score (nSPS) is 23.0. The van der Waals surface area contributed by atoms with Gasteiger partial charge in [-0.1, -0.05) is 12.8 Å². The molecule has 1 saturated carbocycles. The Labute approximate surface area is 182 Å². The Morgan fingerprint density at radius 1 is 1.16 bits per heavy atom. The van der Waals surface area contributed by atoms with E-state index >= 15 is 0 Å². The summed E-state index contributed by atoms with van der Waals surface area (Å²) in [6.45, 7) is 4.73. The lowest BCUT2D eigenvalue weighted by Gasteiger charge is -2.24. The van der Waals surface area contributed by atoms with Gasteiger partial charge in [0.25, 0.3) is 5.56 Å². The standard InChI is InChI=1S/C23H31N5O3/c1-15-12-20(29)28(18-4-2-3-5-18)21-19(15)13-24-23(26-21)27-9-6-16(14-27)22(30)25-17-7-10-31-11-8-17/h12-13,16-18H,2-11,14H2,1H3,(H,25,30). The molecule has 0 bridgehead atoms. The van der Waals surface area contributed by atoms with Gasteiger partial charge in [-0.3, -0.25) is 14.2 Å². The van der Waals surface area contributed by atoms with Gasteiger partial charge in [-0.05, 0) is 44.6 Å². The van der Waals surface area contributed by atoms with Crippen molar-refractivity contribution in [3.05, 3.63) is 28.2 Å². The number of nitrogens with zero attached hydrogens (tertiary/aromatic N) is 4. The summed E-state index contributed by atoms with van der Waals surface area (Å²) in [5.74, 6) is 0.677. The van der Waals surface area contributed by atoms with E-state index in [0.29, 0.717) is 12.5 Å². The second kappa shape index (κ2) is 8.57. The van der Waals surface area contributed by atoms with Crippen LogP contribution in [0.15, 0.2) is 17.1 Å². The number of fused-ring (bicyclic) bond motifs is 1. The Kier molecular flexibility index (Phi) is 5.65. The minimum absolute atomic E-state index is 0.0247. The fourth-order valence-corrected chi connectivity index (χ4v) is 5.25. The predicted octanol–water partition coefficient (Wildman–Crippen LogP) is 2.34. The molecule has 166 valence electrons. The van der Waals surface area contributed by atoms with Crippen molar-refractivity contribution in [3.63, 3.8) is 0 Å². The lowest BCUT2D eigenvalue weighted by Crippen LogP contribution is -2.42. The van der Waals surface area contributed by atoms with Crippen LogP contribution < -0.4 is 15.8 Å². The summed E-state index contributed by atoms with van der Waals surface area (Å²) in [5, 5.41) is 4.13. The van der Waals surface area contributed by atoms with E-state index in [4.69, 9.17) is 9.72 Å². The lowest BCUT2D eigenvalue weighted by atomic mass is 10.1. The Bertz CT molecular complexity index is 1020. The quantitative estimate of drug-likeness (QED) is 0.809. The third kappa shape index (κ3) is 4.05. The van der Waals surface area contributed by atoms with E-state index in [2.05, 4.69) is 15.2 Å². The molecule has 2 saturated heterocycles. The molecule has 1 aliphatic carbocycles. The number of hydrogen-bond acceptors (Lipinski definition) is 6. The molecule has 1 amide bonds. The van der Waals surface area contributed by atoms with Gasteiger partial charge >= 0.3 is 0 Å². The van der Waals surface area contributed by atoms with Crippen LogP contribution >= 0.6 is 0 Å². The summed E-state index contributed by atoms with van der Waals surface area (Å²) in [5.41, 5.74) is 1.67. The highest BCUT2D eigenvalue weighted by Crippen LogP contribution is 2.31. The van der Waals surface area contributed by atoms with E-state index in [1.807, 2.05) is 17.7 Å². The van der Waals surface area contributed by atoms with Gasteiger partial charge < -0.3 is 15.0 Å². The van der Waals surface area contributed by atoms with Crippen LogP contribution in [0.1, 0.15) is 56.6 Å². The number of nitrogens with one attached hydrogen (secondary N) is 1. The molecule has 8 nitrogen and oxygen atoms in total. The Hall–Kier alpha value is -2.48. The fraction of sp³-hybridized carbons (Fsp3) is 0.652. The van der Waals surface area contributed by atoms with Crippen molar-refractivity contribution in [2.24, 2.45) is 5.92 Å². The second-order valence-electron chi connectivity index (χ2n) is 9.21. The predicted molar refractivity (Wildman–Crippen MR) is 118 cm³/mol. The van der Waals surface area contributed by atoms with Crippen LogP contribution in [0.3, 0.4) is 0 Å². The van der Waals surface area contributed by atoms with Crippen molar-refractivity contribution in [1.29, 1.82) is 0 Å². The first kappa shape index (κ1) is 20.4. The molecule has 0 spiro atoms. The zero-order chi connectivity index (χ0) is 21.4. The van der Waals surface area contributed by atoms with Gasteiger partial charge in [0.05, 0.1) is 5.92 Å². The highest BCUT2D eigenvalue weighted by molar-refractivity contribution is 5.81. The van der Waals surface area contributed by atoms with Crippen molar-refractivity contribution in [2.45, 2.75) is 64.0 Å². The van der Waals surface area contributed by atoms with Crippen molar-refractivity contribution in [3.8, 4) is 0 Å². The summed E-state index contributed by atoms with van der Waals surface area (Å²) in [4.78, 5) is 37.1. The molecule has 2 aromatic rings. The summed E-state index contributed by atoms with van der Waals surface area (Å²) in [6.07, 6.45) is 8.75. The summed E-state index contributed by atoms with van der Waals surface area (Å²) in [6, 6.07) is 2.14. The second-order valence-corrected chi connectivity index (χ2v) is 9.21.